The van der Waals surface area contributed by atoms with Gasteiger partial charge < -0.3 is 10.1 Å². The second-order valence-electron chi connectivity index (χ2n) is 8.95. The molecule has 0 bridgehead atoms. The molecule has 1 aliphatic heterocycles. The van der Waals surface area contributed by atoms with Gasteiger partial charge in [0.1, 0.15) is 11.4 Å². The molecule has 168 valence electrons. The van der Waals surface area contributed by atoms with Crippen LogP contribution in [0.25, 0.3) is 0 Å². The lowest BCUT2D eigenvalue weighted by molar-refractivity contribution is -0.140. The largest absolute Gasteiger partial charge is 0.444 e. The van der Waals surface area contributed by atoms with E-state index in [0.29, 0.717) is 0 Å². The van der Waals surface area contributed by atoms with Gasteiger partial charge in [-0.3, -0.25) is 24.6 Å². The van der Waals surface area contributed by atoms with Crippen LogP contribution in [0.1, 0.15) is 52.9 Å². The highest BCUT2D eigenvalue weighted by molar-refractivity contribution is 6.05. The first-order chi connectivity index (χ1) is 14.5. The topological polar surface area (TPSA) is 105 Å². The summed E-state index contributed by atoms with van der Waals surface area (Å²) in [4.78, 5) is 50.4. The van der Waals surface area contributed by atoms with Crippen molar-refractivity contribution in [3.05, 3.63) is 24.0 Å². The number of rotatable bonds is 5. The zero-order chi connectivity index (χ0) is 22.8. The van der Waals surface area contributed by atoms with E-state index in [1.54, 1.807) is 20.8 Å². The molecular formula is C22H28FN3O5. The van der Waals surface area contributed by atoms with Crippen molar-refractivity contribution in [3.8, 4) is 0 Å². The summed E-state index contributed by atoms with van der Waals surface area (Å²) in [6, 6.07) is 3.74. The Labute approximate surface area is 180 Å². The number of anilines is 2. The standard InChI is InChI=1S/C22H28FN3O5/c1-22(2,3)31-21(30)25-17-12-13(8-9-16(17)23)24-18(27)10-11-26-19(28)14-6-4-5-7-15(14)20(26)29/h8-9,12,14-15H,4-7,10-11H2,1-3H3,(H,24,27)(H,25,30). The van der Waals surface area contributed by atoms with Crippen LogP contribution in [0.4, 0.5) is 20.6 Å². The average Bonchev–Trinajstić information content (AvgIpc) is 2.92. The molecule has 0 aromatic heterocycles. The monoisotopic (exact) mass is 433 g/mol. The SMILES string of the molecule is CC(C)(C)OC(=O)Nc1cc(NC(=O)CCN2C(=O)C3CCCCC3C2=O)ccc1F. The Hall–Kier alpha value is -2.97. The van der Waals surface area contributed by atoms with Crippen LogP contribution in [0.3, 0.4) is 0 Å². The quantitative estimate of drug-likeness (QED) is 0.690. The third kappa shape index (κ3) is 5.59. The Morgan fingerprint density at radius 1 is 1.10 bits per heavy atom. The summed E-state index contributed by atoms with van der Waals surface area (Å²) in [5, 5.41) is 4.91. The van der Waals surface area contributed by atoms with E-state index in [9.17, 15) is 23.6 Å². The van der Waals surface area contributed by atoms with E-state index < -0.39 is 23.4 Å². The number of benzene rings is 1. The number of hydrogen-bond donors (Lipinski definition) is 2. The highest BCUT2D eigenvalue weighted by Crippen LogP contribution is 2.38. The minimum Gasteiger partial charge on any atom is -0.444 e. The fourth-order valence-corrected chi connectivity index (χ4v) is 4.00. The van der Waals surface area contributed by atoms with Crippen LogP contribution in [0.2, 0.25) is 0 Å². The summed E-state index contributed by atoms with van der Waals surface area (Å²) in [5.41, 5.74) is -0.611. The van der Waals surface area contributed by atoms with Gasteiger partial charge in [-0.25, -0.2) is 9.18 Å². The maximum atomic E-state index is 14.0. The normalized spacial score (nSPS) is 21.0. The van der Waals surface area contributed by atoms with Crippen LogP contribution in [-0.2, 0) is 19.1 Å². The number of amides is 4. The lowest BCUT2D eigenvalue weighted by atomic mass is 9.81. The Morgan fingerprint density at radius 2 is 1.71 bits per heavy atom. The molecule has 1 aliphatic carbocycles. The zero-order valence-corrected chi connectivity index (χ0v) is 18.0. The first-order valence-corrected chi connectivity index (χ1v) is 10.5. The minimum absolute atomic E-state index is 0.0146. The Kier molecular flexibility index (Phi) is 6.62. The molecule has 4 amide bonds. The van der Waals surface area contributed by atoms with Crippen LogP contribution >= 0.6 is 0 Å². The van der Waals surface area contributed by atoms with E-state index in [-0.39, 0.29) is 48.0 Å². The van der Waals surface area contributed by atoms with Crippen molar-refractivity contribution < 1.29 is 28.3 Å². The molecule has 1 aromatic carbocycles. The molecule has 2 aliphatic rings. The summed E-state index contributed by atoms with van der Waals surface area (Å²) in [6.45, 7) is 5.07. The number of nitrogens with zero attached hydrogens (tertiary/aromatic N) is 1. The fourth-order valence-electron chi connectivity index (χ4n) is 4.00. The molecule has 2 atom stereocenters. The number of nitrogens with one attached hydrogen (secondary N) is 2. The van der Waals surface area contributed by atoms with Crippen molar-refractivity contribution in [3.63, 3.8) is 0 Å². The molecule has 3 rings (SSSR count). The number of fused-ring (bicyclic) bond motifs is 1. The van der Waals surface area contributed by atoms with Gasteiger partial charge in [0.15, 0.2) is 0 Å². The van der Waals surface area contributed by atoms with Crippen molar-refractivity contribution in [2.24, 2.45) is 11.8 Å². The molecule has 2 fully saturated rings. The van der Waals surface area contributed by atoms with Gasteiger partial charge in [0, 0.05) is 18.7 Å². The van der Waals surface area contributed by atoms with Gasteiger partial charge in [0.2, 0.25) is 17.7 Å². The predicted molar refractivity (Wildman–Crippen MR) is 112 cm³/mol. The minimum atomic E-state index is -0.817. The van der Waals surface area contributed by atoms with Crippen molar-refractivity contribution in [2.45, 2.75) is 58.5 Å². The van der Waals surface area contributed by atoms with Crippen molar-refractivity contribution in [2.75, 3.05) is 17.2 Å². The summed E-state index contributed by atoms with van der Waals surface area (Å²) >= 11 is 0. The third-order valence-corrected chi connectivity index (χ3v) is 5.38. The number of likely N-dealkylation sites (tertiary alicyclic amines) is 1. The number of imide groups is 1. The maximum absolute atomic E-state index is 14.0. The van der Waals surface area contributed by atoms with E-state index in [2.05, 4.69) is 10.6 Å². The average molecular weight is 433 g/mol. The van der Waals surface area contributed by atoms with Gasteiger partial charge in [-0.15, -0.1) is 0 Å². The first-order valence-electron chi connectivity index (χ1n) is 10.5. The summed E-state index contributed by atoms with van der Waals surface area (Å²) < 4.78 is 19.1. The molecule has 1 saturated carbocycles. The first kappa shape index (κ1) is 22.7. The second-order valence-corrected chi connectivity index (χ2v) is 8.95. The molecule has 8 nitrogen and oxygen atoms in total. The Bertz CT molecular complexity index is 872. The summed E-state index contributed by atoms with van der Waals surface area (Å²) in [6.07, 6.45) is 2.45. The zero-order valence-electron chi connectivity index (χ0n) is 18.0. The molecule has 0 radical (unpaired) electrons. The molecule has 1 heterocycles. The highest BCUT2D eigenvalue weighted by Gasteiger charge is 2.47. The maximum Gasteiger partial charge on any atom is 0.412 e. The molecule has 0 spiro atoms. The third-order valence-electron chi connectivity index (χ3n) is 5.38. The van der Waals surface area contributed by atoms with Crippen LogP contribution < -0.4 is 10.6 Å². The molecule has 9 heteroatoms. The molecule has 1 aromatic rings. The highest BCUT2D eigenvalue weighted by atomic mass is 19.1. The molecular weight excluding hydrogens is 405 g/mol. The van der Waals surface area contributed by atoms with E-state index >= 15 is 0 Å². The molecule has 2 N–H and O–H groups in total. The molecule has 1 saturated heterocycles. The van der Waals surface area contributed by atoms with E-state index in [1.165, 1.54) is 17.0 Å². The van der Waals surface area contributed by atoms with Gasteiger partial charge in [0.25, 0.3) is 0 Å². The van der Waals surface area contributed by atoms with Gasteiger partial charge in [-0.2, -0.15) is 0 Å². The van der Waals surface area contributed by atoms with Gasteiger partial charge >= 0.3 is 6.09 Å². The smallest absolute Gasteiger partial charge is 0.412 e. The van der Waals surface area contributed by atoms with Gasteiger partial charge in [-0.1, -0.05) is 12.8 Å². The lowest BCUT2D eigenvalue weighted by Crippen LogP contribution is -2.34. The van der Waals surface area contributed by atoms with Gasteiger partial charge in [-0.05, 0) is 51.8 Å². The van der Waals surface area contributed by atoms with E-state index in [4.69, 9.17) is 4.74 Å². The van der Waals surface area contributed by atoms with Crippen LogP contribution in [-0.4, -0.2) is 40.9 Å². The summed E-state index contributed by atoms with van der Waals surface area (Å²) in [7, 11) is 0. The van der Waals surface area contributed by atoms with Crippen molar-refractivity contribution in [1.82, 2.24) is 4.90 Å². The number of carbonyl (C=O) groups excluding carboxylic acids is 4. The second kappa shape index (κ2) is 9.03. The van der Waals surface area contributed by atoms with Crippen LogP contribution in [0, 0.1) is 17.7 Å². The predicted octanol–water partition coefficient (Wildman–Crippen LogP) is 3.68. The van der Waals surface area contributed by atoms with Crippen LogP contribution in [0.15, 0.2) is 18.2 Å². The van der Waals surface area contributed by atoms with Crippen LogP contribution in [0.5, 0.6) is 0 Å². The van der Waals surface area contributed by atoms with Crippen molar-refractivity contribution >= 4 is 35.2 Å². The number of halogens is 1. The Morgan fingerprint density at radius 3 is 2.29 bits per heavy atom. The number of ether oxygens (including phenoxy) is 1. The summed E-state index contributed by atoms with van der Waals surface area (Å²) in [5.74, 6) is -1.97. The van der Waals surface area contributed by atoms with Gasteiger partial charge in [0.05, 0.1) is 17.5 Å². The molecule has 2 unspecified atom stereocenters. The lowest BCUT2D eigenvalue weighted by Gasteiger charge is -2.20. The van der Waals surface area contributed by atoms with Crippen molar-refractivity contribution in [1.29, 1.82) is 0 Å². The molecule has 31 heavy (non-hydrogen) atoms. The number of carbonyl (C=O) groups is 4. The fraction of sp³-hybridized carbons (Fsp3) is 0.545. The number of hydrogen-bond acceptors (Lipinski definition) is 5. The van der Waals surface area contributed by atoms with E-state index in [1.807, 2.05) is 0 Å². The van der Waals surface area contributed by atoms with E-state index in [0.717, 1.165) is 31.7 Å². The Balaban J connectivity index is 1.56.